The summed E-state index contributed by atoms with van der Waals surface area (Å²) in [4.78, 5) is 13.7. The first kappa shape index (κ1) is 14.5. The van der Waals surface area contributed by atoms with Crippen LogP contribution in [-0.2, 0) is 13.6 Å². The van der Waals surface area contributed by atoms with E-state index in [0.29, 0.717) is 13.2 Å². The maximum absolute atomic E-state index is 10.0. The van der Waals surface area contributed by atoms with Gasteiger partial charge in [-0.25, -0.2) is 9.79 Å². The van der Waals surface area contributed by atoms with Gasteiger partial charge in [-0.1, -0.05) is 0 Å². The fourth-order valence-corrected chi connectivity index (χ4v) is 3.96. The highest BCUT2D eigenvalue weighted by molar-refractivity contribution is 6.66. The quantitative estimate of drug-likeness (QED) is 0.366. The molecule has 0 fully saturated rings. The standard InChI is InChI=1S/C10H21NO3Si/c1-5-13-15(4,14-6-2)8-7-10(3)11-9-12/h10H,5-8H2,1-4H3. The van der Waals surface area contributed by atoms with E-state index in [9.17, 15) is 4.79 Å². The van der Waals surface area contributed by atoms with Gasteiger partial charge < -0.3 is 8.85 Å². The Labute approximate surface area is 92.9 Å². The Balaban J connectivity index is 4.10. The lowest BCUT2D eigenvalue weighted by Gasteiger charge is -2.26. The van der Waals surface area contributed by atoms with Gasteiger partial charge in [0.1, 0.15) is 0 Å². The molecule has 88 valence electrons. The van der Waals surface area contributed by atoms with Crippen LogP contribution in [0.5, 0.6) is 0 Å². The van der Waals surface area contributed by atoms with Crippen molar-refractivity contribution in [1.82, 2.24) is 0 Å². The zero-order chi connectivity index (χ0) is 11.7. The molecule has 0 heterocycles. The highest BCUT2D eigenvalue weighted by atomic mass is 28.4. The predicted molar refractivity (Wildman–Crippen MR) is 61.9 cm³/mol. The van der Waals surface area contributed by atoms with Crippen LogP contribution in [0.15, 0.2) is 4.99 Å². The van der Waals surface area contributed by atoms with Crippen LogP contribution in [0.4, 0.5) is 0 Å². The van der Waals surface area contributed by atoms with Crippen LogP contribution in [0.1, 0.15) is 27.2 Å². The molecule has 0 radical (unpaired) electrons. The van der Waals surface area contributed by atoms with Gasteiger partial charge in [-0.3, -0.25) is 0 Å². The van der Waals surface area contributed by atoms with Crippen LogP contribution in [0.3, 0.4) is 0 Å². The third kappa shape index (κ3) is 6.57. The molecule has 0 spiro atoms. The molecule has 0 aliphatic heterocycles. The van der Waals surface area contributed by atoms with E-state index in [1.54, 1.807) is 6.08 Å². The lowest BCUT2D eigenvalue weighted by Crippen LogP contribution is -2.39. The summed E-state index contributed by atoms with van der Waals surface area (Å²) in [5.74, 6) is 0. The monoisotopic (exact) mass is 231 g/mol. The Morgan fingerprint density at radius 2 is 1.87 bits per heavy atom. The topological polar surface area (TPSA) is 47.9 Å². The molecule has 1 unspecified atom stereocenters. The summed E-state index contributed by atoms with van der Waals surface area (Å²) >= 11 is 0. The molecule has 0 saturated carbocycles. The predicted octanol–water partition coefficient (Wildman–Crippen LogP) is 2.25. The number of nitrogens with zero attached hydrogens (tertiary/aromatic N) is 1. The molecule has 4 nitrogen and oxygen atoms in total. The third-order valence-corrected chi connectivity index (χ3v) is 5.18. The van der Waals surface area contributed by atoms with E-state index in [4.69, 9.17) is 8.85 Å². The number of aliphatic imine (C=N–C) groups is 1. The summed E-state index contributed by atoms with van der Waals surface area (Å²) in [6.45, 7) is 9.24. The molecule has 15 heavy (non-hydrogen) atoms. The number of hydrogen-bond acceptors (Lipinski definition) is 4. The van der Waals surface area contributed by atoms with Crippen molar-refractivity contribution in [3.05, 3.63) is 0 Å². The first-order valence-electron chi connectivity index (χ1n) is 5.42. The highest BCUT2D eigenvalue weighted by Crippen LogP contribution is 2.18. The second kappa shape index (κ2) is 7.76. The minimum Gasteiger partial charge on any atom is -0.395 e. The summed E-state index contributed by atoms with van der Waals surface area (Å²) in [5, 5.41) is 0. The van der Waals surface area contributed by atoms with Crippen molar-refractivity contribution in [3.63, 3.8) is 0 Å². The summed E-state index contributed by atoms with van der Waals surface area (Å²) in [6, 6.07) is 0.872. The van der Waals surface area contributed by atoms with Crippen LogP contribution < -0.4 is 0 Å². The largest absolute Gasteiger partial charge is 0.395 e. The Hall–Kier alpha value is -0.483. The van der Waals surface area contributed by atoms with Gasteiger partial charge >= 0.3 is 8.56 Å². The molecule has 0 rings (SSSR count). The molecular weight excluding hydrogens is 210 g/mol. The highest BCUT2D eigenvalue weighted by Gasteiger charge is 2.30. The van der Waals surface area contributed by atoms with Crippen molar-refractivity contribution < 1.29 is 13.6 Å². The lowest BCUT2D eigenvalue weighted by atomic mass is 10.3. The number of isocyanates is 1. The molecule has 0 amide bonds. The average molecular weight is 231 g/mol. The van der Waals surface area contributed by atoms with E-state index >= 15 is 0 Å². The molecule has 1 atom stereocenters. The molecule has 0 aromatic heterocycles. The number of hydrogen-bond donors (Lipinski definition) is 0. The molecule has 0 N–H and O–H groups in total. The molecule has 0 saturated heterocycles. The summed E-state index contributed by atoms with van der Waals surface area (Å²) in [7, 11) is -2.03. The Bertz CT molecular complexity index is 211. The van der Waals surface area contributed by atoms with Gasteiger partial charge in [0, 0.05) is 13.2 Å². The van der Waals surface area contributed by atoms with Crippen molar-refractivity contribution in [2.75, 3.05) is 13.2 Å². The summed E-state index contributed by atoms with van der Waals surface area (Å²) in [6.07, 6.45) is 2.39. The molecule has 0 bridgehead atoms. The molecule has 0 aliphatic carbocycles. The molecule has 0 aromatic rings. The minimum absolute atomic E-state index is 0.00948. The SMILES string of the molecule is CCO[Si](C)(CCC(C)N=C=O)OCC. The minimum atomic E-state index is -2.03. The fraction of sp³-hybridized carbons (Fsp3) is 0.900. The Morgan fingerprint density at radius 1 is 1.33 bits per heavy atom. The van der Waals surface area contributed by atoms with Gasteiger partial charge in [-0.2, -0.15) is 0 Å². The van der Waals surface area contributed by atoms with Crippen molar-refractivity contribution in [3.8, 4) is 0 Å². The van der Waals surface area contributed by atoms with Crippen LogP contribution in [-0.4, -0.2) is 33.9 Å². The van der Waals surface area contributed by atoms with Crippen LogP contribution in [0.25, 0.3) is 0 Å². The molecule has 5 heteroatoms. The maximum atomic E-state index is 10.0. The van der Waals surface area contributed by atoms with Crippen LogP contribution in [0, 0.1) is 0 Å². The van der Waals surface area contributed by atoms with Gasteiger partial charge in [0.2, 0.25) is 6.08 Å². The molecular formula is C10H21NO3Si. The van der Waals surface area contributed by atoms with Gasteiger partial charge in [-0.15, -0.1) is 0 Å². The third-order valence-electron chi connectivity index (χ3n) is 2.19. The average Bonchev–Trinajstić information content (AvgIpc) is 2.16. The summed E-state index contributed by atoms with van der Waals surface area (Å²) in [5.41, 5.74) is 0. The van der Waals surface area contributed by atoms with Crippen molar-refractivity contribution in [1.29, 1.82) is 0 Å². The maximum Gasteiger partial charge on any atom is 0.334 e. The van der Waals surface area contributed by atoms with Crippen molar-refractivity contribution in [2.45, 2.75) is 45.8 Å². The lowest BCUT2D eigenvalue weighted by molar-refractivity contribution is 0.188. The van der Waals surface area contributed by atoms with E-state index in [1.807, 2.05) is 20.8 Å². The second-order valence-electron chi connectivity index (χ2n) is 3.61. The smallest absolute Gasteiger partial charge is 0.334 e. The summed E-state index contributed by atoms with van der Waals surface area (Å²) < 4.78 is 11.3. The van der Waals surface area contributed by atoms with E-state index in [0.717, 1.165) is 12.5 Å². The van der Waals surface area contributed by atoms with E-state index in [2.05, 4.69) is 11.5 Å². The van der Waals surface area contributed by atoms with E-state index < -0.39 is 8.56 Å². The normalized spacial score (nSPS) is 13.3. The molecule has 0 aliphatic rings. The first-order valence-corrected chi connectivity index (χ1v) is 7.95. The Kier molecular flexibility index (Phi) is 7.51. The van der Waals surface area contributed by atoms with Gasteiger partial charge in [0.25, 0.3) is 0 Å². The van der Waals surface area contributed by atoms with Gasteiger partial charge in [0.15, 0.2) is 0 Å². The van der Waals surface area contributed by atoms with Gasteiger partial charge in [-0.05, 0) is 39.8 Å². The fourth-order valence-electron chi connectivity index (χ4n) is 1.42. The van der Waals surface area contributed by atoms with Crippen molar-refractivity contribution >= 4 is 14.6 Å². The first-order chi connectivity index (χ1) is 7.08. The zero-order valence-corrected chi connectivity index (χ0v) is 11.1. The molecule has 0 aromatic carbocycles. The zero-order valence-electron chi connectivity index (χ0n) is 10.1. The van der Waals surface area contributed by atoms with Gasteiger partial charge in [0.05, 0.1) is 6.04 Å². The number of carbonyl (C=O) groups excluding carboxylic acids is 1. The van der Waals surface area contributed by atoms with E-state index in [-0.39, 0.29) is 6.04 Å². The van der Waals surface area contributed by atoms with Crippen LogP contribution >= 0.6 is 0 Å². The Morgan fingerprint density at radius 3 is 2.27 bits per heavy atom. The van der Waals surface area contributed by atoms with Crippen LogP contribution in [0.2, 0.25) is 12.6 Å². The number of rotatable bonds is 8. The van der Waals surface area contributed by atoms with E-state index in [1.165, 1.54) is 0 Å². The second-order valence-corrected chi connectivity index (χ2v) is 6.95. The van der Waals surface area contributed by atoms with Crippen molar-refractivity contribution in [2.24, 2.45) is 4.99 Å².